The molecule has 0 aliphatic heterocycles. The number of nitrogens with two attached hydrogens (primary N) is 1. The maximum absolute atomic E-state index is 11.9. The second kappa shape index (κ2) is 6.00. The fourth-order valence-electron chi connectivity index (χ4n) is 1.61. The summed E-state index contributed by atoms with van der Waals surface area (Å²) in [7, 11) is -4.22. The number of nitrogens with one attached hydrogen (secondary N) is 2. The molecule has 2 rings (SSSR count). The lowest BCUT2D eigenvalue weighted by Crippen LogP contribution is -2.35. The molecule has 0 aliphatic rings. The van der Waals surface area contributed by atoms with Gasteiger partial charge in [0, 0.05) is 10.1 Å². The van der Waals surface area contributed by atoms with Crippen molar-refractivity contribution in [2.45, 2.75) is 0 Å². The lowest BCUT2D eigenvalue weighted by atomic mass is 10.1. The van der Waals surface area contributed by atoms with E-state index in [9.17, 15) is 13.2 Å². The first kappa shape index (κ1) is 15.7. The van der Waals surface area contributed by atoms with E-state index in [0.29, 0.717) is 15.6 Å². The number of rotatable bonds is 4. The highest BCUT2D eigenvalue weighted by Gasteiger charge is 2.21. The summed E-state index contributed by atoms with van der Waals surface area (Å²) in [6, 6.07) is 8.38. The smallest absolute Gasteiger partial charge is 0.363 e. The molecular formula is C12H10N4O4S2. The van der Waals surface area contributed by atoms with Crippen molar-refractivity contribution in [2.24, 2.45) is 5.73 Å². The molecule has 0 atom stereocenters. The topological polar surface area (TPSA) is 146 Å². The molecule has 0 saturated heterocycles. The van der Waals surface area contributed by atoms with Crippen LogP contribution in [0.1, 0.15) is 15.2 Å². The molecular weight excluding hydrogens is 328 g/mol. The Bertz CT molecular complexity index is 895. The van der Waals surface area contributed by atoms with Crippen molar-refractivity contribution in [3.63, 3.8) is 0 Å². The largest absolute Gasteiger partial charge is 0.370 e. The second-order valence-corrected chi connectivity index (χ2v) is 6.76. The van der Waals surface area contributed by atoms with E-state index in [1.165, 1.54) is 6.07 Å². The third-order valence-corrected chi connectivity index (χ3v) is 4.51. The van der Waals surface area contributed by atoms with Gasteiger partial charge in [-0.2, -0.15) is 13.7 Å². The molecule has 0 fully saturated rings. The standard InChI is InChI=1S/C12H10N4O4S2/c13-5-7-2-1-3-9-8(7)4-10(21-9)11(17)20-22(18,19)6-16-12(14)15/h1-4H,6H2,(H4,14,15,16). The molecule has 0 bridgehead atoms. The van der Waals surface area contributed by atoms with Crippen LogP contribution in [0.15, 0.2) is 24.3 Å². The van der Waals surface area contributed by atoms with Crippen LogP contribution in [0.5, 0.6) is 0 Å². The minimum atomic E-state index is -4.22. The van der Waals surface area contributed by atoms with E-state index in [2.05, 4.69) is 4.18 Å². The van der Waals surface area contributed by atoms with Crippen LogP contribution in [0.4, 0.5) is 0 Å². The van der Waals surface area contributed by atoms with E-state index in [-0.39, 0.29) is 4.88 Å². The van der Waals surface area contributed by atoms with Gasteiger partial charge in [0.2, 0.25) is 0 Å². The van der Waals surface area contributed by atoms with Gasteiger partial charge in [0.15, 0.2) is 11.8 Å². The fraction of sp³-hybridized carbons (Fsp3) is 0.0833. The summed E-state index contributed by atoms with van der Waals surface area (Å²) in [5.74, 6) is -2.39. The third kappa shape index (κ3) is 3.51. The van der Waals surface area contributed by atoms with Gasteiger partial charge in [0.1, 0.15) is 4.88 Å². The van der Waals surface area contributed by atoms with Crippen LogP contribution in [0.3, 0.4) is 0 Å². The molecule has 1 aromatic heterocycles. The summed E-state index contributed by atoms with van der Waals surface area (Å²) in [5.41, 5.74) is 5.35. The van der Waals surface area contributed by atoms with Crippen molar-refractivity contribution >= 4 is 43.5 Å². The highest BCUT2D eigenvalue weighted by molar-refractivity contribution is 7.87. The van der Waals surface area contributed by atoms with Crippen LogP contribution in [0.25, 0.3) is 10.1 Å². The van der Waals surface area contributed by atoms with Gasteiger partial charge in [0.05, 0.1) is 11.6 Å². The normalized spacial score (nSPS) is 10.9. The quantitative estimate of drug-likeness (QED) is 0.422. The van der Waals surface area contributed by atoms with Gasteiger partial charge in [-0.25, -0.2) is 4.79 Å². The van der Waals surface area contributed by atoms with E-state index in [4.69, 9.17) is 16.4 Å². The van der Waals surface area contributed by atoms with E-state index in [1.807, 2.05) is 11.4 Å². The molecule has 0 amide bonds. The Morgan fingerprint density at radius 2 is 2.23 bits per heavy atom. The molecule has 0 spiro atoms. The number of carbonyl (C=O) groups is 1. The SMILES string of the molecule is N#Cc1cccc2sc(C(=O)OS(=O)(=O)CNC(=N)N)cc12. The number of nitrogens with zero attached hydrogens (tertiary/aromatic N) is 1. The van der Waals surface area contributed by atoms with Gasteiger partial charge in [-0.15, -0.1) is 11.3 Å². The number of carbonyl (C=O) groups excluding carboxylic acids is 1. The molecule has 114 valence electrons. The zero-order valence-electron chi connectivity index (χ0n) is 11.0. The van der Waals surface area contributed by atoms with Gasteiger partial charge >= 0.3 is 16.1 Å². The van der Waals surface area contributed by atoms with Gasteiger partial charge < -0.3 is 15.2 Å². The average molecular weight is 338 g/mol. The zero-order valence-corrected chi connectivity index (χ0v) is 12.6. The predicted octanol–water partition coefficient (Wildman–Crippen LogP) is 0.700. The fourth-order valence-corrected chi connectivity index (χ4v) is 3.34. The van der Waals surface area contributed by atoms with Crippen molar-refractivity contribution in [3.05, 3.63) is 34.7 Å². The Balaban J connectivity index is 2.24. The Labute approximate surface area is 129 Å². The number of nitriles is 1. The number of guanidine groups is 1. The molecule has 8 nitrogen and oxygen atoms in total. The van der Waals surface area contributed by atoms with Crippen LogP contribution in [0.2, 0.25) is 0 Å². The van der Waals surface area contributed by atoms with Crippen molar-refractivity contribution in [1.29, 1.82) is 10.7 Å². The van der Waals surface area contributed by atoms with Crippen molar-refractivity contribution in [2.75, 3.05) is 5.88 Å². The Kier molecular flexibility index (Phi) is 4.30. The lowest BCUT2D eigenvalue weighted by Gasteiger charge is -2.05. The summed E-state index contributed by atoms with van der Waals surface area (Å²) in [5, 5.41) is 18.5. The number of fused-ring (bicyclic) bond motifs is 1. The summed E-state index contributed by atoms with van der Waals surface area (Å²) in [6.07, 6.45) is 0. The Hall–Kier alpha value is -2.64. The highest BCUT2D eigenvalue weighted by Crippen LogP contribution is 2.28. The van der Waals surface area contributed by atoms with Gasteiger partial charge in [0.25, 0.3) is 0 Å². The molecule has 1 heterocycles. The summed E-state index contributed by atoms with van der Waals surface area (Å²) in [4.78, 5) is 11.9. The monoisotopic (exact) mass is 338 g/mol. The van der Waals surface area contributed by atoms with Crippen molar-refractivity contribution in [3.8, 4) is 6.07 Å². The molecule has 0 radical (unpaired) electrons. The molecule has 4 N–H and O–H groups in total. The van der Waals surface area contributed by atoms with Crippen LogP contribution in [-0.2, 0) is 14.3 Å². The maximum atomic E-state index is 11.9. The van der Waals surface area contributed by atoms with E-state index < -0.39 is 27.9 Å². The Morgan fingerprint density at radius 3 is 2.86 bits per heavy atom. The van der Waals surface area contributed by atoms with Crippen molar-refractivity contribution in [1.82, 2.24) is 5.32 Å². The maximum Gasteiger partial charge on any atom is 0.363 e. The summed E-state index contributed by atoms with van der Waals surface area (Å²) < 4.78 is 28.2. The lowest BCUT2D eigenvalue weighted by molar-refractivity contribution is 0.0751. The second-order valence-electron chi connectivity index (χ2n) is 4.10. The first-order valence-corrected chi connectivity index (χ1v) is 8.19. The number of hydrogen-bond donors (Lipinski definition) is 3. The first-order chi connectivity index (χ1) is 10.3. The minimum Gasteiger partial charge on any atom is -0.370 e. The molecule has 10 heteroatoms. The molecule has 0 unspecified atom stereocenters. The highest BCUT2D eigenvalue weighted by atomic mass is 32.2. The van der Waals surface area contributed by atoms with Gasteiger partial charge in [-0.1, -0.05) is 6.07 Å². The van der Waals surface area contributed by atoms with Crippen LogP contribution >= 0.6 is 11.3 Å². The zero-order chi connectivity index (χ0) is 16.3. The van der Waals surface area contributed by atoms with Crippen LogP contribution in [0, 0.1) is 16.7 Å². The van der Waals surface area contributed by atoms with Crippen LogP contribution in [-0.4, -0.2) is 26.2 Å². The first-order valence-electron chi connectivity index (χ1n) is 5.79. The average Bonchev–Trinajstić information content (AvgIpc) is 2.89. The molecule has 22 heavy (non-hydrogen) atoms. The number of hydrogen-bond acceptors (Lipinski definition) is 7. The van der Waals surface area contributed by atoms with E-state index >= 15 is 0 Å². The van der Waals surface area contributed by atoms with Gasteiger partial charge in [-0.05, 0) is 18.2 Å². The number of thiophene rings is 1. The summed E-state index contributed by atoms with van der Waals surface area (Å²) >= 11 is 1.02. The minimum absolute atomic E-state index is 0.0594. The van der Waals surface area contributed by atoms with E-state index in [0.717, 1.165) is 11.3 Å². The predicted molar refractivity (Wildman–Crippen MR) is 80.8 cm³/mol. The van der Waals surface area contributed by atoms with E-state index in [1.54, 1.807) is 18.2 Å². The number of benzene rings is 1. The summed E-state index contributed by atoms with van der Waals surface area (Å²) in [6.45, 7) is 0. The van der Waals surface area contributed by atoms with Crippen molar-refractivity contribution < 1.29 is 17.4 Å². The molecule has 0 aliphatic carbocycles. The molecule has 1 aromatic carbocycles. The Morgan fingerprint density at radius 1 is 1.50 bits per heavy atom. The third-order valence-electron chi connectivity index (χ3n) is 2.53. The molecule has 0 saturated carbocycles. The van der Waals surface area contributed by atoms with Crippen LogP contribution < -0.4 is 11.1 Å². The molecule has 2 aromatic rings. The van der Waals surface area contributed by atoms with Gasteiger partial charge in [-0.3, -0.25) is 5.41 Å².